The molecule has 5 heteroatoms. The largest absolute Gasteiger partial charge is 0.207 e. The topological polar surface area (TPSA) is 0 Å². The third-order valence-corrected chi connectivity index (χ3v) is 6.24. The lowest BCUT2D eigenvalue weighted by atomic mass is 9.80. The Labute approximate surface area is 175 Å². The first-order chi connectivity index (χ1) is 14.4. The van der Waals surface area contributed by atoms with Gasteiger partial charge in [0.1, 0.15) is 11.6 Å². The Balaban J connectivity index is 1.58. The predicted octanol–water partition coefficient (Wildman–Crippen LogP) is 7.63. The molecule has 0 N–H and O–H groups in total. The molecule has 0 bridgehead atoms. The van der Waals surface area contributed by atoms with Crippen LogP contribution in [0.3, 0.4) is 0 Å². The molecule has 0 radical (unpaired) electrons. The van der Waals surface area contributed by atoms with Crippen molar-refractivity contribution < 1.29 is 22.0 Å². The monoisotopic (exact) mass is 424 g/mol. The summed E-state index contributed by atoms with van der Waals surface area (Å²) in [6, 6.07) is 3.92. The van der Waals surface area contributed by atoms with Gasteiger partial charge in [-0.1, -0.05) is 32.6 Å². The maximum absolute atomic E-state index is 14.5. The highest BCUT2D eigenvalue weighted by atomic mass is 19.2. The number of hydrogen-bond donors (Lipinski definition) is 0. The summed E-state index contributed by atoms with van der Waals surface area (Å²) in [4.78, 5) is 0. The van der Waals surface area contributed by atoms with E-state index in [0.717, 1.165) is 31.7 Å². The highest BCUT2D eigenvalue weighted by Crippen LogP contribution is 2.32. The minimum Gasteiger partial charge on any atom is -0.207 e. The Morgan fingerprint density at radius 3 is 2.20 bits per heavy atom. The molecular formula is C25H29F5. The van der Waals surface area contributed by atoms with Crippen molar-refractivity contribution in [3.8, 4) is 0 Å². The zero-order chi connectivity index (χ0) is 21.7. The van der Waals surface area contributed by atoms with Gasteiger partial charge in [-0.3, -0.25) is 0 Å². The fourth-order valence-corrected chi connectivity index (χ4v) is 4.46. The molecule has 0 aromatic heterocycles. The van der Waals surface area contributed by atoms with Gasteiger partial charge in [0.15, 0.2) is 17.5 Å². The Morgan fingerprint density at radius 2 is 1.50 bits per heavy atom. The second kappa shape index (κ2) is 10.4. The molecule has 0 spiro atoms. The van der Waals surface area contributed by atoms with Crippen molar-refractivity contribution in [3.05, 3.63) is 69.5 Å². The van der Waals surface area contributed by atoms with Crippen molar-refractivity contribution in [2.75, 3.05) is 0 Å². The van der Waals surface area contributed by atoms with E-state index < -0.39 is 29.1 Å². The average molecular weight is 424 g/mol. The average Bonchev–Trinajstić information content (AvgIpc) is 2.71. The smallest absolute Gasteiger partial charge is 0.194 e. The van der Waals surface area contributed by atoms with Gasteiger partial charge in [0.25, 0.3) is 0 Å². The fourth-order valence-electron chi connectivity index (χ4n) is 4.46. The molecule has 1 unspecified atom stereocenters. The van der Waals surface area contributed by atoms with E-state index in [1.165, 1.54) is 18.6 Å². The van der Waals surface area contributed by atoms with Crippen molar-refractivity contribution in [2.24, 2.45) is 5.92 Å². The normalized spacial score (nSPS) is 16.0. The van der Waals surface area contributed by atoms with Crippen LogP contribution < -0.4 is 0 Å². The summed E-state index contributed by atoms with van der Waals surface area (Å²) in [5.41, 5.74) is 1.45. The van der Waals surface area contributed by atoms with Crippen molar-refractivity contribution in [2.45, 2.75) is 77.6 Å². The Morgan fingerprint density at radius 1 is 0.800 bits per heavy atom. The van der Waals surface area contributed by atoms with Gasteiger partial charge < -0.3 is 0 Å². The van der Waals surface area contributed by atoms with Crippen molar-refractivity contribution in [1.29, 1.82) is 0 Å². The van der Waals surface area contributed by atoms with Gasteiger partial charge in [-0.05, 0) is 85.8 Å². The molecule has 0 aliphatic heterocycles. The van der Waals surface area contributed by atoms with E-state index in [-0.39, 0.29) is 23.5 Å². The lowest BCUT2D eigenvalue weighted by molar-refractivity contribution is 0.390. The zero-order valence-electron chi connectivity index (χ0n) is 17.5. The van der Waals surface area contributed by atoms with E-state index in [1.54, 1.807) is 0 Å². The predicted molar refractivity (Wildman–Crippen MR) is 109 cm³/mol. The molecule has 1 aliphatic rings. The number of fused-ring (bicyclic) bond motifs is 1. The van der Waals surface area contributed by atoms with Crippen LogP contribution in [0.15, 0.2) is 18.2 Å². The molecule has 0 saturated carbocycles. The molecular weight excluding hydrogens is 395 g/mol. The number of hydrogen-bond acceptors (Lipinski definition) is 0. The van der Waals surface area contributed by atoms with Crippen LogP contribution in [0.1, 0.15) is 74.1 Å². The first-order valence-electron chi connectivity index (χ1n) is 11.0. The Hall–Kier alpha value is -1.91. The minimum atomic E-state index is -1.43. The third-order valence-electron chi connectivity index (χ3n) is 6.24. The first kappa shape index (κ1) is 22.8. The minimum absolute atomic E-state index is 0.0544. The lowest BCUT2D eigenvalue weighted by Gasteiger charge is -2.25. The number of halogens is 5. The van der Waals surface area contributed by atoms with E-state index in [0.29, 0.717) is 43.2 Å². The second-order valence-corrected chi connectivity index (χ2v) is 8.47. The number of benzene rings is 2. The molecule has 0 nitrogen and oxygen atoms in total. The molecule has 1 aliphatic carbocycles. The standard InChI is InChI=1S/C25H29F5/c1-2-3-4-5-6-7-17-13-21(26)20(22(27)14-17)11-9-16-8-10-19-18(12-16)15-23(28)25(30)24(19)29/h13-16H,2-12H2,1H3. The van der Waals surface area contributed by atoms with Crippen LogP contribution in [0.2, 0.25) is 0 Å². The van der Waals surface area contributed by atoms with Gasteiger partial charge in [0, 0.05) is 5.56 Å². The van der Waals surface area contributed by atoms with Crippen LogP contribution in [-0.4, -0.2) is 0 Å². The van der Waals surface area contributed by atoms with Gasteiger partial charge in [-0.25, -0.2) is 22.0 Å². The molecule has 3 rings (SSSR count). The SMILES string of the molecule is CCCCCCCc1cc(F)c(CCC2CCc3c(cc(F)c(F)c3F)C2)c(F)c1. The zero-order valence-corrected chi connectivity index (χ0v) is 17.5. The van der Waals surface area contributed by atoms with Gasteiger partial charge in [-0.15, -0.1) is 0 Å². The third kappa shape index (κ3) is 5.41. The van der Waals surface area contributed by atoms with Gasteiger partial charge >= 0.3 is 0 Å². The fraction of sp³-hybridized carbons (Fsp3) is 0.520. The quantitative estimate of drug-likeness (QED) is 0.220. The van der Waals surface area contributed by atoms with Crippen LogP contribution in [0.4, 0.5) is 22.0 Å². The van der Waals surface area contributed by atoms with E-state index in [9.17, 15) is 22.0 Å². The summed E-state index contributed by atoms with van der Waals surface area (Å²) in [6.07, 6.45) is 8.19. The van der Waals surface area contributed by atoms with Gasteiger partial charge in [-0.2, -0.15) is 0 Å². The van der Waals surface area contributed by atoms with E-state index in [2.05, 4.69) is 6.92 Å². The summed E-state index contributed by atoms with van der Waals surface area (Å²) in [6.45, 7) is 2.14. The molecule has 30 heavy (non-hydrogen) atoms. The van der Waals surface area contributed by atoms with Crippen LogP contribution in [0, 0.1) is 35.0 Å². The molecule has 2 aromatic carbocycles. The molecule has 0 amide bonds. The summed E-state index contributed by atoms with van der Waals surface area (Å²) >= 11 is 0. The van der Waals surface area contributed by atoms with E-state index in [1.807, 2.05) is 0 Å². The summed E-state index contributed by atoms with van der Waals surface area (Å²) in [7, 11) is 0. The maximum atomic E-state index is 14.5. The lowest BCUT2D eigenvalue weighted by Crippen LogP contribution is -2.18. The van der Waals surface area contributed by atoms with E-state index in [4.69, 9.17) is 0 Å². The maximum Gasteiger partial charge on any atom is 0.194 e. The molecule has 0 saturated heterocycles. The first-order valence-corrected chi connectivity index (χ1v) is 11.0. The van der Waals surface area contributed by atoms with Crippen LogP contribution >= 0.6 is 0 Å². The number of unbranched alkanes of at least 4 members (excludes halogenated alkanes) is 4. The van der Waals surface area contributed by atoms with Crippen LogP contribution in [0.25, 0.3) is 0 Å². The van der Waals surface area contributed by atoms with Crippen LogP contribution in [-0.2, 0) is 25.7 Å². The number of aryl methyl sites for hydroxylation is 1. The Kier molecular flexibility index (Phi) is 7.90. The van der Waals surface area contributed by atoms with Gasteiger partial charge in [0.2, 0.25) is 0 Å². The molecule has 0 fully saturated rings. The summed E-state index contributed by atoms with van der Waals surface area (Å²) in [5.74, 6) is -4.71. The highest BCUT2D eigenvalue weighted by molar-refractivity contribution is 5.33. The summed E-state index contributed by atoms with van der Waals surface area (Å²) in [5, 5.41) is 0. The van der Waals surface area contributed by atoms with Crippen LogP contribution in [0.5, 0.6) is 0 Å². The van der Waals surface area contributed by atoms with Crippen molar-refractivity contribution >= 4 is 0 Å². The highest BCUT2D eigenvalue weighted by Gasteiger charge is 2.26. The summed E-state index contributed by atoms with van der Waals surface area (Å²) < 4.78 is 69.8. The Bertz CT molecular complexity index is 851. The molecule has 0 heterocycles. The molecule has 2 aromatic rings. The second-order valence-electron chi connectivity index (χ2n) is 8.47. The van der Waals surface area contributed by atoms with E-state index >= 15 is 0 Å². The van der Waals surface area contributed by atoms with Crippen molar-refractivity contribution in [1.82, 2.24) is 0 Å². The van der Waals surface area contributed by atoms with Crippen molar-refractivity contribution in [3.63, 3.8) is 0 Å². The molecule has 1 atom stereocenters. The molecule has 164 valence electrons. The van der Waals surface area contributed by atoms with Gasteiger partial charge in [0.05, 0.1) is 0 Å². The number of rotatable bonds is 9.